The number of carbonyl (C=O) groups excluding carboxylic acids is 2. The zero-order chi connectivity index (χ0) is 20.4. The van der Waals surface area contributed by atoms with Crippen LogP contribution in [0.2, 0.25) is 0 Å². The highest BCUT2D eigenvalue weighted by atomic mass is 16.7. The number of likely N-dealkylation sites (tertiary alicyclic amines) is 1. The average Bonchev–Trinajstić information content (AvgIpc) is 3.43. The highest BCUT2D eigenvalue weighted by Crippen LogP contribution is 2.35. The molecule has 4 rings (SSSR count). The molecule has 1 aromatic rings. The van der Waals surface area contributed by atoms with Gasteiger partial charge in [0.15, 0.2) is 17.8 Å². The Morgan fingerprint density at radius 2 is 1.86 bits per heavy atom. The summed E-state index contributed by atoms with van der Waals surface area (Å²) in [5.74, 6) is 0.752. The van der Waals surface area contributed by atoms with Gasteiger partial charge >= 0.3 is 0 Å². The van der Waals surface area contributed by atoms with Crippen molar-refractivity contribution in [1.29, 1.82) is 0 Å². The van der Waals surface area contributed by atoms with Gasteiger partial charge in [0, 0.05) is 31.3 Å². The van der Waals surface area contributed by atoms with E-state index in [1.54, 1.807) is 31.3 Å². The van der Waals surface area contributed by atoms with Crippen molar-refractivity contribution in [3.8, 4) is 11.5 Å². The predicted octanol–water partition coefficient (Wildman–Crippen LogP) is 1.81. The van der Waals surface area contributed by atoms with Gasteiger partial charge < -0.3 is 28.7 Å². The van der Waals surface area contributed by atoms with E-state index < -0.39 is 0 Å². The van der Waals surface area contributed by atoms with Crippen LogP contribution in [0.25, 0.3) is 0 Å². The van der Waals surface area contributed by atoms with Crippen molar-refractivity contribution in [2.75, 3.05) is 45.4 Å². The molecule has 2 atom stereocenters. The standard InChI is InChI=1S/C21H28N2O6/c1-26-17-7-6-15(12-18(17)27-2)23-13-14(11-19(23)24)20(25)22-8-4-3-5-16(22)21-28-9-10-29-21/h6-7,12,14,16,21H,3-5,8-11,13H2,1-2H3. The number of carbonyl (C=O) groups is 2. The predicted molar refractivity (Wildman–Crippen MR) is 105 cm³/mol. The molecule has 3 saturated heterocycles. The van der Waals surface area contributed by atoms with Crippen molar-refractivity contribution >= 4 is 17.5 Å². The summed E-state index contributed by atoms with van der Waals surface area (Å²) in [7, 11) is 3.13. The van der Waals surface area contributed by atoms with E-state index in [-0.39, 0.29) is 36.5 Å². The van der Waals surface area contributed by atoms with Crippen LogP contribution < -0.4 is 14.4 Å². The molecule has 158 valence electrons. The van der Waals surface area contributed by atoms with Gasteiger partial charge in [-0.3, -0.25) is 9.59 Å². The molecule has 3 fully saturated rings. The van der Waals surface area contributed by atoms with Crippen LogP contribution in [0.4, 0.5) is 5.69 Å². The maximum absolute atomic E-state index is 13.3. The Morgan fingerprint density at radius 1 is 1.10 bits per heavy atom. The molecule has 0 spiro atoms. The number of ether oxygens (including phenoxy) is 4. The van der Waals surface area contributed by atoms with Crippen molar-refractivity contribution in [1.82, 2.24) is 4.90 Å². The summed E-state index contributed by atoms with van der Waals surface area (Å²) < 4.78 is 22.0. The first-order chi connectivity index (χ1) is 14.1. The zero-order valence-corrected chi connectivity index (χ0v) is 17.0. The Morgan fingerprint density at radius 3 is 2.59 bits per heavy atom. The SMILES string of the molecule is COc1ccc(N2CC(C(=O)N3CCCCC3C3OCCO3)CC2=O)cc1OC. The smallest absolute Gasteiger partial charge is 0.228 e. The molecule has 8 nitrogen and oxygen atoms in total. The molecular weight excluding hydrogens is 376 g/mol. The Bertz CT molecular complexity index is 764. The van der Waals surface area contributed by atoms with E-state index in [1.807, 2.05) is 11.0 Å². The monoisotopic (exact) mass is 404 g/mol. The number of nitrogens with zero attached hydrogens (tertiary/aromatic N) is 2. The van der Waals surface area contributed by atoms with Gasteiger partial charge in [0.1, 0.15) is 0 Å². The molecule has 0 N–H and O–H groups in total. The fourth-order valence-corrected chi connectivity index (χ4v) is 4.46. The summed E-state index contributed by atoms with van der Waals surface area (Å²) in [6.45, 7) is 2.19. The number of rotatable bonds is 5. The van der Waals surface area contributed by atoms with Crippen LogP contribution in [0.3, 0.4) is 0 Å². The van der Waals surface area contributed by atoms with E-state index in [2.05, 4.69) is 0 Å². The minimum absolute atomic E-state index is 0.0186. The van der Waals surface area contributed by atoms with Gasteiger partial charge in [0.2, 0.25) is 11.8 Å². The summed E-state index contributed by atoms with van der Waals surface area (Å²) in [5, 5.41) is 0. The number of hydrogen-bond donors (Lipinski definition) is 0. The first kappa shape index (κ1) is 20.0. The summed E-state index contributed by atoms with van der Waals surface area (Å²) in [6.07, 6.45) is 2.76. The van der Waals surface area contributed by atoms with Crippen molar-refractivity contribution in [2.45, 2.75) is 38.0 Å². The fourth-order valence-electron chi connectivity index (χ4n) is 4.46. The lowest BCUT2D eigenvalue weighted by Crippen LogP contribution is -2.52. The van der Waals surface area contributed by atoms with Crippen molar-refractivity contribution in [3.63, 3.8) is 0 Å². The molecule has 29 heavy (non-hydrogen) atoms. The summed E-state index contributed by atoms with van der Waals surface area (Å²) >= 11 is 0. The number of methoxy groups -OCH3 is 2. The summed E-state index contributed by atoms with van der Waals surface area (Å²) in [6, 6.07) is 5.29. The van der Waals surface area contributed by atoms with Crippen molar-refractivity contribution in [2.24, 2.45) is 5.92 Å². The third-order valence-electron chi connectivity index (χ3n) is 5.95. The van der Waals surface area contributed by atoms with E-state index in [0.29, 0.717) is 43.5 Å². The lowest BCUT2D eigenvalue weighted by Gasteiger charge is -2.39. The zero-order valence-electron chi connectivity index (χ0n) is 17.0. The second-order valence-corrected chi connectivity index (χ2v) is 7.65. The Kier molecular flexibility index (Phi) is 5.91. The first-order valence-corrected chi connectivity index (χ1v) is 10.2. The molecule has 0 radical (unpaired) electrons. The van der Waals surface area contributed by atoms with E-state index in [9.17, 15) is 9.59 Å². The molecule has 3 aliphatic rings. The second kappa shape index (κ2) is 8.59. The molecule has 0 bridgehead atoms. The van der Waals surface area contributed by atoms with Crippen molar-refractivity contribution in [3.05, 3.63) is 18.2 Å². The number of hydrogen-bond acceptors (Lipinski definition) is 6. The van der Waals surface area contributed by atoms with Gasteiger partial charge in [-0.25, -0.2) is 0 Å². The minimum Gasteiger partial charge on any atom is -0.493 e. The Labute approximate surface area is 170 Å². The molecule has 1 aromatic carbocycles. The first-order valence-electron chi connectivity index (χ1n) is 10.2. The average molecular weight is 404 g/mol. The van der Waals surface area contributed by atoms with Crippen LogP contribution in [-0.2, 0) is 19.1 Å². The van der Waals surface area contributed by atoms with Crippen LogP contribution in [0.1, 0.15) is 25.7 Å². The lowest BCUT2D eigenvalue weighted by molar-refractivity contribution is -0.154. The van der Waals surface area contributed by atoms with Crippen LogP contribution >= 0.6 is 0 Å². The van der Waals surface area contributed by atoms with Gasteiger partial charge in [-0.2, -0.15) is 0 Å². The summed E-state index contributed by atoms with van der Waals surface area (Å²) in [5.41, 5.74) is 0.709. The minimum atomic E-state index is -0.363. The van der Waals surface area contributed by atoms with Crippen LogP contribution in [0, 0.1) is 5.92 Å². The summed E-state index contributed by atoms with van der Waals surface area (Å²) in [4.78, 5) is 29.5. The molecule has 2 unspecified atom stereocenters. The van der Waals surface area contributed by atoms with Gasteiger partial charge in [0.05, 0.1) is 39.4 Å². The number of benzene rings is 1. The normalized spacial score (nSPS) is 25.5. The third kappa shape index (κ3) is 3.91. The molecule has 3 aliphatic heterocycles. The highest BCUT2D eigenvalue weighted by Gasteiger charge is 2.42. The van der Waals surface area contributed by atoms with Gasteiger partial charge in [-0.15, -0.1) is 0 Å². The molecule has 0 aliphatic carbocycles. The molecule has 2 amide bonds. The van der Waals surface area contributed by atoms with Gasteiger partial charge in [-0.1, -0.05) is 0 Å². The Hall–Kier alpha value is -2.32. The van der Waals surface area contributed by atoms with Gasteiger partial charge in [-0.05, 0) is 31.4 Å². The Balaban J connectivity index is 1.49. The van der Waals surface area contributed by atoms with Gasteiger partial charge in [0.25, 0.3) is 0 Å². The topological polar surface area (TPSA) is 77.5 Å². The molecule has 0 saturated carbocycles. The maximum atomic E-state index is 13.3. The number of piperidine rings is 1. The quantitative estimate of drug-likeness (QED) is 0.745. The van der Waals surface area contributed by atoms with E-state index >= 15 is 0 Å². The number of amides is 2. The lowest BCUT2D eigenvalue weighted by atomic mass is 9.98. The molecule has 8 heteroatoms. The third-order valence-corrected chi connectivity index (χ3v) is 5.95. The highest BCUT2D eigenvalue weighted by molar-refractivity contribution is 6.00. The van der Waals surface area contributed by atoms with Crippen LogP contribution in [0.15, 0.2) is 18.2 Å². The molecule has 3 heterocycles. The number of anilines is 1. The van der Waals surface area contributed by atoms with Crippen molar-refractivity contribution < 1.29 is 28.5 Å². The second-order valence-electron chi connectivity index (χ2n) is 7.65. The van der Waals surface area contributed by atoms with Crippen LogP contribution in [-0.4, -0.2) is 69.6 Å². The molecule has 0 aromatic heterocycles. The largest absolute Gasteiger partial charge is 0.493 e. The fraction of sp³-hybridized carbons (Fsp3) is 0.619. The molecular formula is C21H28N2O6. The van der Waals surface area contributed by atoms with Crippen LogP contribution in [0.5, 0.6) is 11.5 Å². The van der Waals surface area contributed by atoms with E-state index in [1.165, 1.54) is 0 Å². The maximum Gasteiger partial charge on any atom is 0.228 e. The van der Waals surface area contributed by atoms with E-state index in [4.69, 9.17) is 18.9 Å². The van der Waals surface area contributed by atoms with E-state index in [0.717, 1.165) is 19.3 Å².